The van der Waals surface area contributed by atoms with Crippen molar-refractivity contribution in [1.82, 2.24) is 9.88 Å². The monoisotopic (exact) mass is 869 g/mol. The van der Waals surface area contributed by atoms with Crippen LogP contribution in [0.4, 0.5) is 11.4 Å². The molecule has 0 saturated heterocycles. The Hall–Kier alpha value is -9.06. The molecule has 5 nitrogen and oxygen atoms in total. The first-order valence-electron chi connectivity index (χ1n) is 23.2. The molecule has 0 fully saturated rings. The van der Waals surface area contributed by atoms with Gasteiger partial charge in [0.2, 0.25) is 6.29 Å². The normalized spacial score (nSPS) is 14.6. The summed E-state index contributed by atoms with van der Waals surface area (Å²) in [4.78, 5) is 12.7. The highest BCUT2D eigenvalue weighted by molar-refractivity contribution is 6.14. The van der Waals surface area contributed by atoms with E-state index in [9.17, 15) is 0 Å². The molecule has 2 heterocycles. The van der Waals surface area contributed by atoms with Gasteiger partial charge in [0, 0.05) is 39.0 Å². The van der Waals surface area contributed by atoms with Crippen molar-refractivity contribution in [3.63, 3.8) is 0 Å². The minimum Gasteiger partial charge on any atom is -0.331 e. The van der Waals surface area contributed by atoms with E-state index in [2.05, 4.69) is 227 Å². The van der Waals surface area contributed by atoms with Crippen LogP contribution in [0.2, 0.25) is 0 Å². The topological polar surface area (TPSA) is 44.9 Å². The van der Waals surface area contributed by atoms with Crippen LogP contribution in [0.5, 0.6) is 0 Å². The predicted molar refractivity (Wildman–Crippen MR) is 284 cm³/mol. The average Bonchev–Trinajstić information content (AvgIpc) is 3.91. The van der Waals surface area contributed by atoms with Gasteiger partial charge in [-0.3, -0.25) is 0 Å². The number of aromatic nitrogens is 1. The molecule has 1 unspecified atom stereocenters. The van der Waals surface area contributed by atoms with Crippen molar-refractivity contribution in [3.05, 3.63) is 270 Å². The Morgan fingerprint density at radius 2 is 1.07 bits per heavy atom. The number of nitrogens with zero attached hydrogens (tertiary/aromatic N) is 4. The lowest BCUT2D eigenvalue weighted by Gasteiger charge is -2.35. The van der Waals surface area contributed by atoms with E-state index in [4.69, 9.17) is 9.98 Å². The van der Waals surface area contributed by atoms with Crippen molar-refractivity contribution in [3.8, 4) is 27.9 Å². The molecule has 0 saturated carbocycles. The van der Waals surface area contributed by atoms with Gasteiger partial charge in [-0.25, -0.2) is 9.98 Å². The summed E-state index contributed by atoms with van der Waals surface area (Å²) in [6.07, 6.45) is 1.82. The summed E-state index contributed by atoms with van der Waals surface area (Å²) in [7, 11) is 0. The zero-order valence-electron chi connectivity index (χ0n) is 37.0. The first kappa shape index (κ1) is 39.3. The van der Waals surface area contributed by atoms with Crippen LogP contribution >= 0.6 is 0 Å². The molecule has 1 aliphatic heterocycles. The molecule has 1 atom stereocenters. The molecule has 320 valence electrons. The molecule has 5 heteroatoms. The number of hydrogen-bond donors (Lipinski definition) is 1. The lowest BCUT2D eigenvalue weighted by Crippen LogP contribution is -2.48. The lowest BCUT2D eigenvalue weighted by molar-refractivity contribution is 0.637. The van der Waals surface area contributed by atoms with Gasteiger partial charge in [0.05, 0.1) is 11.0 Å². The van der Waals surface area contributed by atoms with Gasteiger partial charge in [0.1, 0.15) is 5.84 Å². The zero-order chi connectivity index (χ0) is 45.0. The molecule has 68 heavy (non-hydrogen) atoms. The van der Waals surface area contributed by atoms with E-state index in [1.165, 1.54) is 60.7 Å². The molecule has 0 amide bonds. The molecule has 1 N–H and O–H groups in total. The van der Waals surface area contributed by atoms with E-state index in [0.29, 0.717) is 5.84 Å². The third kappa shape index (κ3) is 6.79. The second kappa shape index (κ2) is 16.4. The van der Waals surface area contributed by atoms with Crippen LogP contribution in [0, 0.1) is 0 Å². The molecular formula is C63H43N5. The summed E-state index contributed by atoms with van der Waals surface area (Å²) in [5, 5.41) is 8.52. The van der Waals surface area contributed by atoms with Crippen LogP contribution in [0.1, 0.15) is 27.8 Å². The highest BCUT2D eigenvalue weighted by Gasteiger charge is 2.29. The van der Waals surface area contributed by atoms with Gasteiger partial charge in [-0.2, -0.15) is 0 Å². The van der Waals surface area contributed by atoms with Gasteiger partial charge < -0.3 is 14.8 Å². The van der Waals surface area contributed by atoms with Crippen molar-refractivity contribution in [1.29, 1.82) is 0 Å². The number of rotatable bonds is 8. The van der Waals surface area contributed by atoms with Gasteiger partial charge in [-0.15, -0.1) is 0 Å². The van der Waals surface area contributed by atoms with Gasteiger partial charge in [0.15, 0.2) is 5.84 Å². The number of amidine groups is 2. The Morgan fingerprint density at radius 3 is 1.88 bits per heavy atom. The van der Waals surface area contributed by atoms with E-state index >= 15 is 0 Å². The van der Waals surface area contributed by atoms with Gasteiger partial charge in [-0.05, 0) is 110 Å². The zero-order valence-corrected chi connectivity index (χ0v) is 37.0. The molecule has 0 spiro atoms. The summed E-state index contributed by atoms with van der Waals surface area (Å²) in [5.74, 6) is 1.44. The second-order valence-corrected chi connectivity index (χ2v) is 17.4. The molecule has 0 radical (unpaired) electrons. The van der Waals surface area contributed by atoms with E-state index < -0.39 is 6.29 Å². The van der Waals surface area contributed by atoms with Crippen molar-refractivity contribution in [2.75, 3.05) is 4.90 Å². The minimum absolute atomic E-state index is 0.512. The smallest absolute Gasteiger partial charge is 0.204 e. The molecule has 11 aromatic rings. The fraction of sp³-hybridized carbons (Fsp3) is 0.0159. The number of para-hydroxylation sites is 1. The van der Waals surface area contributed by atoms with E-state index in [1.807, 2.05) is 36.4 Å². The number of fused-ring (bicyclic) bond motifs is 7. The second-order valence-electron chi connectivity index (χ2n) is 17.4. The molecule has 2 aliphatic rings. The van der Waals surface area contributed by atoms with Crippen LogP contribution in [0.3, 0.4) is 0 Å². The minimum atomic E-state index is -0.512. The molecule has 0 bridgehead atoms. The Morgan fingerprint density at radius 1 is 0.441 bits per heavy atom. The molecule has 1 aliphatic carbocycles. The fourth-order valence-electron chi connectivity index (χ4n) is 10.2. The Bertz CT molecular complexity index is 3810. The van der Waals surface area contributed by atoms with Crippen molar-refractivity contribution in [2.24, 2.45) is 9.98 Å². The predicted octanol–water partition coefficient (Wildman–Crippen LogP) is 15.1. The lowest BCUT2D eigenvalue weighted by atomic mass is 9.93. The number of hydrogen-bond acceptors (Lipinski definition) is 4. The maximum Gasteiger partial charge on any atom is 0.204 e. The summed E-state index contributed by atoms with van der Waals surface area (Å²) in [6, 6.07) is 86.6. The van der Waals surface area contributed by atoms with Crippen molar-refractivity contribution in [2.45, 2.75) is 6.29 Å². The first-order valence-corrected chi connectivity index (χ1v) is 23.2. The van der Waals surface area contributed by atoms with Crippen molar-refractivity contribution < 1.29 is 0 Å². The molecule has 1 aromatic heterocycles. The quantitative estimate of drug-likeness (QED) is 0.165. The number of anilines is 2. The summed E-state index contributed by atoms with van der Waals surface area (Å²) < 4.78 is 2.42. The molecular weight excluding hydrogens is 827 g/mol. The van der Waals surface area contributed by atoms with Crippen molar-refractivity contribution >= 4 is 67.3 Å². The van der Waals surface area contributed by atoms with Gasteiger partial charge >= 0.3 is 0 Å². The van der Waals surface area contributed by atoms with Gasteiger partial charge in [0.25, 0.3) is 0 Å². The van der Waals surface area contributed by atoms with Crippen LogP contribution in [0.15, 0.2) is 253 Å². The van der Waals surface area contributed by atoms with E-state index in [0.717, 1.165) is 50.4 Å². The summed E-state index contributed by atoms with van der Waals surface area (Å²) in [5.41, 5.74) is 17.3. The van der Waals surface area contributed by atoms with E-state index in [-0.39, 0.29) is 0 Å². The van der Waals surface area contributed by atoms with E-state index in [1.54, 1.807) is 0 Å². The average molecular weight is 870 g/mol. The Kier molecular flexibility index (Phi) is 9.50. The Labute approximate surface area is 395 Å². The summed E-state index contributed by atoms with van der Waals surface area (Å²) >= 11 is 0. The van der Waals surface area contributed by atoms with Crippen LogP contribution in [-0.4, -0.2) is 22.5 Å². The number of aliphatic imine (C=N–C) groups is 2. The van der Waals surface area contributed by atoms with Crippen LogP contribution in [-0.2, 0) is 0 Å². The highest BCUT2D eigenvalue weighted by Crippen LogP contribution is 2.50. The fourth-order valence-corrected chi connectivity index (χ4v) is 10.2. The van der Waals surface area contributed by atoms with Crippen LogP contribution in [0.25, 0.3) is 72.2 Å². The largest absolute Gasteiger partial charge is 0.331 e. The van der Waals surface area contributed by atoms with Gasteiger partial charge in [-0.1, -0.05) is 194 Å². The highest BCUT2D eigenvalue weighted by atomic mass is 15.4. The maximum atomic E-state index is 5.35. The standard InChI is InChI=1S/C63H43N5/c1-4-17-42(18-5-1)39-57-52-25-12-13-27-55(52)60-51(28-16-29-56(57)60)47-32-38-54-53-26-14-15-30-58(53)68(59(54)41-47)49-36-34-48(35-37-49)67(50-33-31-43-19-10-11-24-46(43)40-50)63-65-61(44-20-6-2-7-21-44)64-62(66-63)45-22-8-3-9-23-45/h1-41,63H,(H,64,65,66)/b57-39-. The number of nitrogens with one attached hydrogen (secondary N) is 1. The summed E-state index contributed by atoms with van der Waals surface area (Å²) in [6.45, 7) is 0. The Balaban J connectivity index is 0.948. The molecule has 13 rings (SSSR count). The van der Waals surface area contributed by atoms with Crippen LogP contribution < -0.4 is 10.2 Å². The molecule has 10 aromatic carbocycles. The first-order chi connectivity index (χ1) is 33.7. The third-order valence-corrected chi connectivity index (χ3v) is 13.4. The third-order valence-electron chi connectivity index (χ3n) is 13.4. The number of benzene rings is 10. The SMILES string of the molecule is C(=C1\c2ccccc2-c2c1cccc2-c1ccc2c3ccccc3n(-c3ccc(N(c4ccc5ccccc5c4)C4N=C(c5ccccc5)N=C(c5ccccc5)N4)cc3)c2c1)/c1ccccc1. The maximum absolute atomic E-state index is 5.35.